The van der Waals surface area contributed by atoms with E-state index >= 15 is 0 Å². The van der Waals surface area contributed by atoms with E-state index in [2.05, 4.69) is 9.88 Å². The highest BCUT2D eigenvalue weighted by Crippen LogP contribution is 2.31. The molecule has 0 N–H and O–H groups in total. The Hall–Kier alpha value is -2.34. The molecule has 1 aliphatic heterocycles. The zero-order valence-corrected chi connectivity index (χ0v) is 13.5. The minimum Gasteiger partial charge on any atom is -0.440 e. The molecule has 4 rings (SSSR count). The number of likely N-dealkylation sites (tertiary alicyclic amines) is 1. The Labute approximate surface area is 143 Å². The van der Waals surface area contributed by atoms with Gasteiger partial charge in [0.1, 0.15) is 5.52 Å². The number of hydrogen-bond donors (Lipinski definition) is 0. The number of para-hydroxylation sites is 2. The zero-order valence-electron chi connectivity index (χ0n) is 13.5. The molecule has 3 nitrogen and oxygen atoms in total. The number of rotatable bonds is 3. The summed E-state index contributed by atoms with van der Waals surface area (Å²) in [6.07, 6.45) is -3.35. The first-order valence-corrected chi connectivity index (χ1v) is 8.23. The van der Waals surface area contributed by atoms with Crippen LogP contribution in [0.2, 0.25) is 0 Å². The van der Waals surface area contributed by atoms with Crippen LogP contribution < -0.4 is 0 Å². The van der Waals surface area contributed by atoms with Gasteiger partial charge in [-0.15, -0.1) is 0 Å². The van der Waals surface area contributed by atoms with Gasteiger partial charge in [0.05, 0.1) is 5.56 Å². The van der Waals surface area contributed by atoms with E-state index < -0.39 is 11.7 Å². The van der Waals surface area contributed by atoms with Gasteiger partial charge in [-0.3, -0.25) is 4.90 Å². The van der Waals surface area contributed by atoms with Gasteiger partial charge in [-0.25, -0.2) is 4.98 Å². The quantitative estimate of drug-likeness (QED) is 0.680. The molecule has 0 bridgehead atoms. The first-order chi connectivity index (χ1) is 12.0. The molecule has 1 atom stereocenters. The molecular weight excluding hydrogens is 329 g/mol. The second-order valence-electron chi connectivity index (χ2n) is 6.44. The van der Waals surface area contributed by atoms with Crippen molar-refractivity contribution in [2.24, 2.45) is 0 Å². The summed E-state index contributed by atoms with van der Waals surface area (Å²) in [6, 6.07) is 13.1. The minimum absolute atomic E-state index is 0.224. The molecule has 1 saturated heterocycles. The Kier molecular flexibility index (Phi) is 4.00. The molecule has 0 saturated carbocycles. The van der Waals surface area contributed by atoms with E-state index in [0.717, 1.165) is 54.2 Å². The molecule has 3 aromatic rings. The Morgan fingerprint density at radius 2 is 1.84 bits per heavy atom. The highest BCUT2D eigenvalue weighted by Gasteiger charge is 2.31. The molecule has 0 aliphatic carbocycles. The predicted octanol–water partition coefficient (Wildman–Crippen LogP) is 4.84. The topological polar surface area (TPSA) is 29.3 Å². The van der Waals surface area contributed by atoms with Crippen molar-refractivity contribution in [2.75, 3.05) is 13.1 Å². The average Bonchev–Trinajstić information content (AvgIpc) is 3.20. The van der Waals surface area contributed by atoms with Crippen LogP contribution in [0.15, 0.2) is 52.9 Å². The van der Waals surface area contributed by atoms with E-state index in [4.69, 9.17) is 4.42 Å². The lowest BCUT2D eigenvalue weighted by Crippen LogP contribution is -2.20. The molecule has 1 fully saturated rings. The van der Waals surface area contributed by atoms with E-state index in [1.165, 1.54) is 0 Å². The Bertz CT molecular complexity index is 837. The van der Waals surface area contributed by atoms with Gasteiger partial charge in [-0.05, 0) is 42.8 Å². The highest BCUT2D eigenvalue weighted by molar-refractivity contribution is 5.72. The van der Waals surface area contributed by atoms with E-state index in [0.29, 0.717) is 6.54 Å². The van der Waals surface area contributed by atoms with Gasteiger partial charge in [-0.1, -0.05) is 24.3 Å². The summed E-state index contributed by atoms with van der Waals surface area (Å²) in [6.45, 7) is 2.31. The molecule has 0 unspecified atom stereocenters. The van der Waals surface area contributed by atoms with E-state index in [1.54, 1.807) is 12.1 Å². The molecule has 130 valence electrons. The van der Waals surface area contributed by atoms with Crippen LogP contribution in [0.3, 0.4) is 0 Å². The molecule has 6 heteroatoms. The maximum absolute atomic E-state index is 12.6. The summed E-state index contributed by atoms with van der Waals surface area (Å²) in [5.41, 5.74) is 1.92. The van der Waals surface area contributed by atoms with Crippen molar-refractivity contribution >= 4 is 11.1 Å². The number of aromatic nitrogens is 1. The third-order valence-electron chi connectivity index (χ3n) is 4.62. The standard InChI is InChI=1S/C19H17F3N2O/c20-19(21,22)15-7-5-13(6-8-15)11-24-10-9-14(12-24)18-23-16-3-1-2-4-17(16)25-18/h1-8,14H,9-12H2/t14-/m0/s1. The summed E-state index contributed by atoms with van der Waals surface area (Å²) < 4.78 is 43.7. The molecule has 25 heavy (non-hydrogen) atoms. The molecule has 2 aromatic carbocycles. The number of fused-ring (bicyclic) bond motifs is 1. The van der Waals surface area contributed by atoms with Gasteiger partial charge in [0.15, 0.2) is 11.5 Å². The lowest BCUT2D eigenvalue weighted by Gasteiger charge is -2.16. The van der Waals surface area contributed by atoms with Crippen LogP contribution in [-0.2, 0) is 12.7 Å². The van der Waals surface area contributed by atoms with Gasteiger partial charge < -0.3 is 4.42 Å². The van der Waals surface area contributed by atoms with E-state index in [-0.39, 0.29) is 5.92 Å². The van der Waals surface area contributed by atoms with Crippen molar-refractivity contribution in [2.45, 2.75) is 25.1 Å². The summed E-state index contributed by atoms with van der Waals surface area (Å²) >= 11 is 0. The van der Waals surface area contributed by atoms with Gasteiger partial charge in [-0.2, -0.15) is 13.2 Å². The van der Waals surface area contributed by atoms with Gasteiger partial charge in [0.2, 0.25) is 0 Å². The summed E-state index contributed by atoms with van der Waals surface area (Å²) in [4.78, 5) is 6.78. The SMILES string of the molecule is FC(F)(F)c1ccc(CN2CC[C@H](c3nc4ccccc4o3)C2)cc1. The number of hydrogen-bond acceptors (Lipinski definition) is 3. The molecule has 0 amide bonds. The van der Waals surface area contributed by atoms with E-state index in [9.17, 15) is 13.2 Å². The molecule has 0 radical (unpaired) electrons. The van der Waals surface area contributed by atoms with Crippen LogP contribution in [0.5, 0.6) is 0 Å². The smallest absolute Gasteiger partial charge is 0.416 e. The monoisotopic (exact) mass is 346 g/mol. The molecular formula is C19H17F3N2O. The molecule has 1 aliphatic rings. The maximum Gasteiger partial charge on any atom is 0.416 e. The van der Waals surface area contributed by atoms with Gasteiger partial charge in [0, 0.05) is 19.0 Å². The number of oxazole rings is 1. The number of benzene rings is 2. The normalized spacial score (nSPS) is 18.9. The number of nitrogens with zero attached hydrogens (tertiary/aromatic N) is 2. The fourth-order valence-corrected chi connectivity index (χ4v) is 3.30. The number of alkyl halides is 3. The van der Waals surface area contributed by atoms with Crippen LogP contribution in [0.1, 0.15) is 29.4 Å². The van der Waals surface area contributed by atoms with Crippen LogP contribution in [0, 0.1) is 0 Å². The van der Waals surface area contributed by atoms with Crippen LogP contribution in [0.4, 0.5) is 13.2 Å². The Balaban J connectivity index is 1.42. The largest absolute Gasteiger partial charge is 0.440 e. The molecule has 1 aromatic heterocycles. The van der Waals surface area contributed by atoms with Crippen molar-refractivity contribution in [3.05, 3.63) is 65.5 Å². The van der Waals surface area contributed by atoms with Crippen LogP contribution in [0.25, 0.3) is 11.1 Å². The highest BCUT2D eigenvalue weighted by atomic mass is 19.4. The van der Waals surface area contributed by atoms with Crippen molar-refractivity contribution in [3.63, 3.8) is 0 Å². The van der Waals surface area contributed by atoms with Crippen molar-refractivity contribution in [1.29, 1.82) is 0 Å². The predicted molar refractivity (Wildman–Crippen MR) is 88.1 cm³/mol. The van der Waals surface area contributed by atoms with Gasteiger partial charge in [0.25, 0.3) is 0 Å². The van der Waals surface area contributed by atoms with Gasteiger partial charge >= 0.3 is 6.18 Å². The maximum atomic E-state index is 12.6. The second-order valence-corrected chi connectivity index (χ2v) is 6.44. The summed E-state index contributed by atoms with van der Waals surface area (Å²) in [5.74, 6) is 0.970. The van der Waals surface area contributed by atoms with Crippen LogP contribution >= 0.6 is 0 Å². The first-order valence-electron chi connectivity index (χ1n) is 8.23. The zero-order chi connectivity index (χ0) is 17.4. The van der Waals surface area contributed by atoms with Crippen LogP contribution in [-0.4, -0.2) is 23.0 Å². The number of halogens is 3. The fourth-order valence-electron chi connectivity index (χ4n) is 3.30. The van der Waals surface area contributed by atoms with Crippen molar-refractivity contribution in [1.82, 2.24) is 9.88 Å². The minimum atomic E-state index is -4.29. The summed E-state index contributed by atoms with van der Waals surface area (Å²) in [5, 5.41) is 0. The Morgan fingerprint density at radius 1 is 1.08 bits per heavy atom. The second kappa shape index (κ2) is 6.19. The third kappa shape index (κ3) is 3.39. The average molecular weight is 346 g/mol. The fraction of sp³-hybridized carbons (Fsp3) is 0.316. The van der Waals surface area contributed by atoms with E-state index in [1.807, 2.05) is 24.3 Å². The lowest BCUT2D eigenvalue weighted by atomic mass is 10.1. The Morgan fingerprint density at radius 3 is 2.56 bits per heavy atom. The first kappa shape index (κ1) is 16.1. The summed E-state index contributed by atoms with van der Waals surface area (Å²) in [7, 11) is 0. The molecule has 2 heterocycles. The van der Waals surface area contributed by atoms with Crippen molar-refractivity contribution in [3.8, 4) is 0 Å². The van der Waals surface area contributed by atoms with Crippen molar-refractivity contribution < 1.29 is 17.6 Å². The molecule has 0 spiro atoms. The lowest BCUT2D eigenvalue weighted by molar-refractivity contribution is -0.137. The third-order valence-corrected chi connectivity index (χ3v) is 4.62.